The summed E-state index contributed by atoms with van der Waals surface area (Å²) in [5.74, 6) is 0.639. The smallest absolute Gasteiger partial charge is 0.295 e. The first-order valence-electron chi connectivity index (χ1n) is 6.54. The topological polar surface area (TPSA) is 70.7 Å². The monoisotopic (exact) mass is 258 g/mol. The van der Waals surface area contributed by atoms with Gasteiger partial charge in [0.05, 0.1) is 0 Å². The second kappa shape index (κ2) is 6.13. The molecule has 0 atom stereocenters. The van der Waals surface area contributed by atoms with Crippen molar-refractivity contribution in [3.05, 3.63) is 41.5 Å². The van der Waals surface area contributed by atoms with Crippen LogP contribution in [0.5, 0.6) is 0 Å². The minimum Gasteiger partial charge on any atom is -0.319 e. The van der Waals surface area contributed by atoms with Crippen molar-refractivity contribution in [2.75, 3.05) is 5.32 Å². The summed E-state index contributed by atoms with van der Waals surface area (Å²) < 4.78 is 0. The number of H-pyrrole nitrogens is 1. The van der Waals surface area contributed by atoms with Crippen LogP contribution >= 0.6 is 0 Å². The van der Waals surface area contributed by atoms with Gasteiger partial charge in [-0.1, -0.05) is 26.0 Å². The standard InChI is InChI=1S/C14H18N4O/c1-3-5-12-16-13(18-17-12)14(19)15-11-8-6-10(4-2)7-9-11/h6-9H,3-5H2,1-2H3,(H,15,19)(H,16,17,18). The highest BCUT2D eigenvalue weighted by atomic mass is 16.2. The lowest BCUT2D eigenvalue weighted by Gasteiger charge is -2.03. The Bertz CT molecular complexity index is 545. The molecule has 2 rings (SSSR count). The van der Waals surface area contributed by atoms with Crippen LogP contribution in [0.3, 0.4) is 0 Å². The van der Waals surface area contributed by atoms with Crippen molar-refractivity contribution in [1.29, 1.82) is 0 Å². The van der Waals surface area contributed by atoms with Crippen molar-refractivity contribution >= 4 is 11.6 Å². The Morgan fingerprint density at radius 1 is 1.26 bits per heavy atom. The van der Waals surface area contributed by atoms with Crippen molar-refractivity contribution in [3.8, 4) is 0 Å². The zero-order valence-corrected chi connectivity index (χ0v) is 11.2. The van der Waals surface area contributed by atoms with Gasteiger partial charge in [0.25, 0.3) is 5.91 Å². The molecule has 5 nitrogen and oxygen atoms in total. The number of nitrogens with one attached hydrogen (secondary N) is 2. The van der Waals surface area contributed by atoms with E-state index in [1.165, 1.54) is 5.56 Å². The average Bonchev–Trinajstić information content (AvgIpc) is 2.89. The molecule has 0 aliphatic carbocycles. The number of aromatic nitrogens is 3. The summed E-state index contributed by atoms with van der Waals surface area (Å²) in [4.78, 5) is 16.1. The van der Waals surface area contributed by atoms with Crippen LogP contribution in [-0.4, -0.2) is 21.1 Å². The van der Waals surface area contributed by atoms with Gasteiger partial charge in [-0.25, -0.2) is 4.98 Å². The molecule has 100 valence electrons. The highest BCUT2D eigenvalue weighted by molar-refractivity contribution is 6.01. The fourth-order valence-electron chi connectivity index (χ4n) is 1.76. The summed E-state index contributed by atoms with van der Waals surface area (Å²) in [7, 11) is 0. The van der Waals surface area contributed by atoms with Crippen LogP contribution in [0.4, 0.5) is 5.69 Å². The maximum atomic E-state index is 11.9. The summed E-state index contributed by atoms with van der Waals surface area (Å²) in [6, 6.07) is 7.76. The quantitative estimate of drug-likeness (QED) is 0.865. The summed E-state index contributed by atoms with van der Waals surface area (Å²) in [6.45, 7) is 4.15. The summed E-state index contributed by atoms with van der Waals surface area (Å²) in [6.07, 6.45) is 2.75. The van der Waals surface area contributed by atoms with Crippen LogP contribution in [0, 0.1) is 0 Å². The van der Waals surface area contributed by atoms with Gasteiger partial charge in [0, 0.05) is 12.1 Å². The number of carbonyl (C=O) groups is 1. The van der Waals surface area contributed by atoms with Crippen molar-refractivity contribution in [2.24, 2.45) is 0 Å². The van der Waals surface area contributed by atoms with Crippen LogP contribution in [0.15, 0.2) is 24.3 Å². The van der Waals surface area contributed by atoms with E-state index in [1.807, 2.05) is 24.3 Å². The van der Waals surface area contributed by atoms with Crippen LogP contribution in [-0.2, 0) is 12.8 Å². The molecule has 0 aliphatic rings. The molecule has 0 saturated heterocycles. The first-order valence-corrected chi connectivity index (χ1v) is 6.54. The van der Waals surface area contributed by atoms with E-state index in [1.54, 1.807) is 0 Å². The van der Waals surface area contributed by atoms with E-state index in [2.05, 4.69) is 34.3 Å². The SMILES string of the molecule is CCCc1nc(C(=O)Nc2ccc(CC)cc2)n[nH]1. The third-order valence-electron chi connectivity index (χ3n) is 2.84. The molecule has 1 amide bonds. The molecule has 5 heteroatoms. The number of hydrogen-bond donors (Lipinski definition) is 2. The number of aryl methyl sites for hydroxylation is 2. The average molecular weight is 258 g/mol. The molecule has 0 bridgehead atoms. The highest BCUT2D eigenvalue weighted by Gasteiger charge is 2.12. The summed E-state index contributed by atoms with van der Waals surface area (Å²) >= 11 is 0. The number of anilines is 1. The number of carbonyl (C=O) groups excluding carboxylic acids is 1. The number of nitrogens with zero attached hydrogens (tertiary/aromatic N) is 2. The molecule has 0 fully saturated rings. The molecular weight excluding hydrogens is 240 g/mol. The van der Waals surface area contributed by atoms with E-state index >= 15 is 0 Å². The fourth-order valence-corrected chi connectivity index (χ4v) is 1.76. The van der Waals surface area contributed by atoms with E-state index < -0.39 is 0 Å². The molecule has 0 radical (unpaired) electrons. The zero-order chi connectivity index (χ0) is 13.7. The Balaban J connectivity index is 2.02. The number of aromatic amines is 1. The second-order valence-electron chi connectivity index (χ2n) is 4.36. The minimum absolute atomic E-state index is 0.183. The van der Waals surface area contributed by atoms with Crippen LogP contribution < -0.4 is 5.32 Å². The first kappa shape index (κ1) is 13.3. The van der Waals surface area contributed by atoms with E-state index in [-0.39, 0.29) is 11.7 Å². The third kappa shape index (κ3) is 3.40. The molecule has 19 heavy (non-hydrogen) atoms. The van der Waals surface area contributed by atoms with E-state index in [9.17, 15) is 4.79 Å². The predicted molar refractivity (Wildman–Crippen MR) is 74.2 cm³/mol. The Kier molecular flexibility index (Phi) is 4.28. The van der Waals surface area contributed by atoms with Gasteiger partial charge in [-0.2, -0.15) is 0 Å². The Labute approximate surface area is 112 Å². The Morgan fingerprint density at radius 3 is 2.63 bits per heavy atom. The maximum Gasteiger partial charge on any atom is 0.295 e. The minimum atomic E-state index is -0.289. The predicted octanol–water partition coefficient (Wildman–Crippen LogP) is 2.57. The van der Waals surface area contributed by atoms with Gasteiger partial charge in [-0.15, -0.1) is 5.10 Å². The molecule has 1 aromatic heterocycles. The van der Waals surface area contributed by atoms with Crippen LogP contribution in [0.25, 0.3) is 0 Å². The lowest BCUT2D eigenvalue weighted by Crippen LogP contribution is -2.13. The van der Waals surface area contributed by atoms with Crippen LogP contribution in [0.2, 0.25) is 0 Å². The van der Waals surface area contributed by atoms with E-state index in [4.69, 9.17) is 0 Å². The largest absolute Gasteiger partial charge is 0.319 e. The number of amides is 1. The third-order valence-corrected chi connectivity index (χ3v) is 2.84. The summed E-state index contributed by atoms with van der Waals surface area (Å²) in [5.41, 5.74) is 1.99. The molecule has 1 heterocycles. The normalized spacial score (nSPS) is 10.4. The lowest BCUT2D eigenvalue weighted by molar-refractivity contribution is 0.101. The first-order chi connectivity index (χ1) is 9.22. The second-order valence-corrected chi connectivity index (χ2v) is 4.36. The molecular formula is C14H18N4O. The lowest BCUT2D eigenvalue weighted by atomic mass is 10.1. The van der Waals surface area contributed by atoms with Gasteiger partial charge in [-0.3, -0.25) is 9.89 Å². The van der Waals surface area contributed by atoms with Crippen molar-refractivity contribution in [3.63, 3.8) is 0 Å². The molecule has 0 saturated carbocycles. The van der Waals surface area contributed by atoms with E-state index in [0.29, 0.717) is 0 Å². The number of benzene rings is 1. The summed E-state index contributed by atoms with van der Waals surface area (Å²) in [5, 5.41) is 9.47. The molecule has 2 aromatic rings. The van der Waals surface area contributed by atoms with Gasteiger partial charge in [0.1, 0.15) is 5.82 Å². The van der Waals surface area contributed by atoms with E-state index in [0.717, 1.165) is 30.8 Å². The van der Waals surface area contributed by atoms with Crippen molar-refractivity contribution in [2.45, 2.75) is 33.1 Å². The zero-order valence-electron chi connectivity index (χ0n) is 11.2. The molecule has 1 aromatic carbocycles. The van der Waals surface area contributed by atoms with Crippen molar-refractivity contribution < 1.29 is 4.79 Å². The molecule has 2 N–H and O–H groups in total. The van der Waals surface area contributed by atoms with Gasteiger partial charge in [0.15, 0.2) is 0 Å². The highest BCUT2D eigenvalue weighted by Crippen LogP contribution is 2.10. The number of hydrogen-bond acceptors (Lipinski definition) is 3. The maximum absolute atomic E-state index is 11.9. The fraction of sp³-hybridized carbons (Fsp3) is 0.357. The molecule has 0 spiro atoms. The Morgan fingerprint density at radius 2 is 2.00 bits per heavy atom. The molecule has 0 unspecified atom stereocenters. The van der Waals surface area contributed by atoms with Gasteiger partial charge >= 0.3 is 0 Å². The van der Waals surface area contributed by atoms with Gasteiger partial charge in [0.2, 0.25) is 5.82 Å². The van der Waals surface area contributed by atoms with Crippen LogP contribution in [0.1, 0.15) is 42.3 Å². The van der Waals surface area contributed by atoms with Crippen molar-refractivity contribution in [1.82, 2.24) is 15.2 Å². The Hall–Kier alpha value is -2.17. The van der Waals surface area contributed by atoms with Gasteiger partial charge in [-0.05, 0) is 30.5 Å². The number of rotatable bonds is 5. The van der Waals surface area contributed by atoms with Gasteiger partial charge < -0.3 is 5.32 Å². The molecule has 0 aliphatic heterocycles.